The Labute approximate surface area is 180 Å². The van der Waals surface area contributed by atoms with Crippen LogP contribution in [0.3, 0.4) is 0 Å². The van der Waals surface area contributed by atoms with Crippen molar-refractivity contribution in [2.75, 3.05) is 13.2 Å². The van der Waals surface area contributed by atoms with Crippen LogP contribution in [0.4, 0.5) is 0 Å². The van der Waals surface area contributed by atoms with E-state index in [4.69, 9.17) is 33.0 Å². The van der Waals surface area contributed by atoms with Crippen molar-refractivity contribution in [2.45, 2.75) is 33.6 Å². The molecule has 29 heavy (non-hydrogen) atoms. The lowest BCUT2D eigenvalue weighted by Gasteiger charge is -2.05. The number of hydrogen-bond donors (Lipinski definition) is 1. The van der Waals surface area contributed by atoms with Crippen LogP contribution < -0.4 is 0 Å². The third kappa shape index (κ3) is 8.77. The van der Waals surface area contributed by atoms with Crippen LogP contribution in [-0.2, 0) is 22.4 Å². The first-order valence-corrected chi connectivity index (χ1v) is 9.74. The van der Waals surface area contributed by atoms with Gasteiger partial charge in [0.05, 0.1) is 6.61 Å². The molecule has 0 aromatic heterocycles. The summed E-state index contributed by atoms with van der Waals surface area (Å²) in [4.78, 5) is 32.6. The highest BCUT2D eigenvalue weighted by Crippen LogP contribution is 2.19. The maximum Gasteiger partial charge on any atom is 0.302 e. The minimum Gasteiger partial charge on any atom is -0.466 e. The van der Waals surface area contributed by atoms with Crippen LogP contribution in [0.2, 0.25) is 10.0 Å². The van der Waals surface area contributed by atoms with Crippen LogP contribution in [0.5, 0.6) is 0 Å². The summed E-state index contributed by atoms with van der Waals surface area (Å²) in [5.74, 6) is -0.331. The fourth-order valence-electron chi connectivity index (χ4n) is 2.36. The van der Waals surface area contributed by atoms with Gasteiger partial charge in [0.1, 0.15) is 0 Å². The van der Waals surface area contributed by atoms with E-state index in [2.05, 4.69) is 0 Å². The minimum atomic E-state index is -0.309. The predicted molar refractivity (Wildman–Crippen MR) is 114 cm³/mol. The Balaban J connectivity index is 0.000000296. The van der Waals surface area contributed by atoms with Gasteiger partial charge < -0.3 is 9.84 Å². The molecule has 2 aromatic carbocycles. The minimum absolute atomic E-state index is 0.00236. The van der Waals surface area contributed by atoms with Crippen LogP contribution in [0, 0.1) is 0 Å². The van der Waals surface area contributed by atoms with E-state index in [1.54, 1.807) is 36.4 Å². The highest BCUT2D eigenvalue weighted by Gasteiger charge is 2.06. The van der Waals surface area contributed by atoms with Gasteiger partial charge in [0.2, 0.25) is 0 Å². The molecule has 0 atom stereocenters. The Kier molecular flexibility index (Phi) is 10.6. The molecule has 2 aromatic rings. The standard InChI is InChI=1S/C12H13ClO3.C10H11ClO2/c1-8(14)11-4-3-10(12(13)7-11)5-6-16-9(2)15;1-7(13)9-3-2-8(4-5-12)10(11)6-9/h3-4,7H,5-6H2,1-2H3;2-3,6,12H,4-5H2,1H3. The molecular formula is C22H24Cl2O5. The molecule has 0 unspecified atom stereocenters. The van der Waals surface area contributed by atoms with Gasteiger partial charge in [-0.3, -0.25) is 14.4 Å². The topological polar surface area (TPSA) is 80.7 Å². The van der Waals surface area contributed by atoms with Crippen LogP contribution in [-0.4, -0.2) is 35.9 Å². The zero-order valence-corrected chi connectivity index (χ0v) is 18.1. The summed E-state index contributed by atoms with van der Waals surface area (Å²) < 4.78 is 4.81. The highest BCUT2D eigenvalue weighted by atomic mass is 35.5. The summed E-state index contributed by atoms with van der Waals surface area (Å²) in [6, 6.07) is 10.3. The maximum absolute atomic E-state index is 11.1. The molecule has 0 radical (unpaired) electrons. The number of benzene rings is 2. The molecule has 7 heteroatoms. The normalized spacial score (nSPS) is 10.0. The maximum atomic E-state index is 11.1. The predicted octanol–water partition coefficient (Wildman–Crippen LogP) is 4.73. The zero-order chi connectivity index (χ0) is 22.0. The molecule has 1 N–H and O–H groups in total. The molecule has 0 heterocycles. The summed E-state index contributed by atoms with van der Waals surface area (Å²) in [5.41, 5.74) is 2.93. The molecule has 156 valence electrons. The second-order valence-corrected chi connectivity index (χ2v) is 7.10. The molecule has 0 saturated heterocycles. The highest BCUT2D eigenvalue weighted by molar-refractivity contribution is 6.32. The number of Topliss-reactive ketones (excluding diaryl/α,β-unsaturated/α-hetero) is 2. The first kappa shape index (κ1) is 24.8. The number of aliphatic hydroxyl groups is 1. The second kappa shape index (κ2) is 12.4. The van der Waals surface area contributed by atoms with Crippen molar-refractivity contribution in [3.05, 3.63) is 68.7 Å². The third-order valence-corrected chi connectivity index (χ3v) is 4.68. The van der Waals surface area contributed by atoms with Crippen LogP contribution in [0.25, 0.3) is 0 Å². The molecule has 0 bridgehead atoms. The summed E-state index contributed by atoms with van der Waals surface area (Å²) in [5, 5.41) is 9.77. The van der Waals surface area contributed by atoms with Crippen LogP contribution in [0.1, 0.15) is 52.6 Å². The fourth-order valence-corrected chi connectivity index (χ4v) is 2.91. The number of ketones is 2. The Morgan fingerprint density at radius 2 is 1.28 bits per heavy atom. The van der Waals surface area contributed by atoms with Crippen molar-refractivity contribution >= 4 is 40.7 Å². The largest absolute Gasteiger partial charge is 0.466 e. The monoisotopic (exact) mass is 438 g/mol. The summed E-state index contributed by atoms with van der Waals surface area (Å²) in [6.07, 6.45) is 1.08. The van der Waals surface area contributed by atoms with Gasteiger partial charge in [-0.15, -0.1) is 0 Å². The molecule has 0 spiro atoms. The van der Waals surface area contributed by atoms with Gasteiger partial charge in [-0.25, -0.2) is 0 Å². The van der Waals surface area contributed by atoms with Crippen LogP contribution >= 0.6 is 23.2 Å². The Bertz CT molecular complexity index is 878. The fraction of sp³-hybridized carbons (Fsp3) is 0.318. The molecule has 0 aliphatic carbocycles. The molecule has 2 rings (SSSR count). The van der Waals surface area contributed by atoms with E-state index < -0.39 is 0 Å². The van der Waals surface area contributed by atoms with E-state index in [0.29, 0.717) is 40.6 Å². The number of carbonyl (C=O) groups excluding carboxylic acids is 3. The van der Waals surface area contributed by atoms with Crippen molar-refractivity contribution in [3.63, 3.8) is 0 Å². The first-order chi connectivity index (χ1) is 13.6. The average Bonchev–Trinajstić information content (AvgIpc) is 2.65. The lowest BCUT2D eigenvalue weighted by Crippen LogP contribution is -2.04. The van der Waals surface area contributed by atoms with Crippen LogP contribution in [0.15, 0.2) is 36.4 Å². The summed E-state index contributed by atoms with van der Waals surface area (Å²) in [6.45, 7) is 4.72. The van der Waals surface area contributed by atoms with Gasteiger partial charge in [0.15, 0.2) is 11.6 Å². The lowest BCUT2D eigenvalue weighted by molar-refractivity contribution is -0.140. The van der Waals surface area contributed by atoms with Crippen molar-refractivity contribution in [1.29, 1.82) is 0 Å². The number of carbonyl (C=O) groups is 3. The molecule has 0 saturated carbocycles. The van der Waals surface area contributed by atoms with E-state index in [0.717, 1.165) is 11.1 Å². The van der Waals surface area contributed by atoms with Crippen molar-refractivity contribution in [3.8, 4) is 0 Å². The Morgan fingerprint density at radius 3 is 1.62 bits per heavy atom. The SMILES string of the molecule is CC(=O)OCCc1ccc(C(C)=O)cc1Cl.CC(=O)c1ccc(CCO)c(Cl)c1. The Hall–Kier alpha value is -2.21. The van der Waals surface area contributed by atoms with Gasteiger partial charge in [-0.2, -0.15) is 0 Å². The third-order valence-electron chi connectivity index (χ3n) is 3.98. The lowest BCUT2D eigenvalue weighted by atomic mass is 10.1. The summed E-state index contributed by atoms with van der Waals surface area (Å²) >= 11 is 11.9. The molecule has 0 aliphatic heterocycles. The first-order valence-electron chi connectivity index (χ1n) is 8.98. The summed E-state index contributed by atoms with van der Waals surface area (Å²) in [7, 11) is 0. The number of ether oxygens (including phenoxy) is 1. The molecular weight excluding hydrogens is 415 g/mol. The van der Waals surface area contributed by atoms with E-state index in [9.17, 15) is 14.4 Å². The molecule has 0 aliphatic rings. The van der Waals surface area contributed by atoms with Crippen molar-refractivity contribution in [2.24, 2.45) is 0 Å². The van der Waals surface area contributed by atoms with E-state index in [1.165, 1.54) is 20.8 Å². The number of esters is 1. The van der Waals surface area contributed by atoms with Crippen molar-refractivity contribution in [1.82, 2.24) is 0 Å². The van der Waals surface area contributed by atoms with Gasteiger partial charge in [-0.05, 0) is 43.5 Å². The van der Waals surface area contributed by atoms with Gasteiger partial charge in [-0.1, -0.05) is 47.5 Å². The number of rotatable bonds is 7. The van der Waals surface area contributed by atoms with Gasteiger partial charge >= 0.3 is 5.97 Å². The van der Waals surface area contributed by atoms with Gasteiger partial charge in [0, 0.05) is 41.1 Å². The van der Waals surface area contributed by atoms with Gasteiger partial charge in [0.25, 0.3) is 0 Å². The smallest absolute Gasteiger partial charge is 0.302 e. The number of halogens is 2. The molecule has 0 amide bonds. The van der Waals surface area contributed by atoms with E-state index in [1.807, 2.05) is 0 Å². The molecule has 5 nitrogen and oxygen atoms in total. The number of aliphatic hydroxyl groups excluding tert-OH is 1. The molecule has 0 fully saturated rings. The van der Waals surface area contributed by atoms with Crippen molar-refractivity contribution < 1.29 is 24.2 Å². The zero-order valence-electron chi connectivity index (χ0n) is 16.6. The average molecular weight is 439 g/mol. The van der Waals surface area contributed by atoms with E-state index in [-0.39, 0.29) is 24.1 Å². The van der Waals surface area contributed by atoms with E-state index >= 15 is 0 Å². The quantitative estimate of drug-likeness (QED) is 0.499. The number of hydrogen-bond acceptors (Lipinski definition) is 5. The second-order valence-electron chi connectivity index (χ2n) is 6.29. The Morgan fingerprint density at radius 1 is 0.828 bits per heavy atom.